The molecule has 0 radical (unpaired) electrons. The maximum atomic E-state index is 5.95. The van der Waals surface area contributed by atoms with Gasteiger partial charge in [0.1, 0.15) is 0 Å². The van der Waals surface area contributed by atoms with Crippen molar-refractivity contribution in [1.82, 2.24) is 4.90 Å². The van der Waals surface area contributed by atoms with Crippen LogP contribution in [0.2, 0.25) is 0 Å². The summed E-state index contributed by atoms with van der Waals surface area (Å²) in [6, 6.07) is 0.620. The van der Waals surface area contributed by atoms with Crippen LogP contribution < -0.4 is 5.73 Å². The minimum absolute atomic E-state index is 0.384. The molecule has 96 valence electrons. The second-order valence-electron chi connectivity index (χ2n) is 5.85. The van der Waals surface area contributed by atoms with E-state index in [1.165, 1.54) is 51.5 Å². The van der Waals surface area contributed by atoms with Crippen LogP contribution in [0.25, 0.3) is 0 Å². The van der Waals surface area contributed by atoms with Crippen molar-refractivity contribution in [2.24, 2.45) is 5.73 Å². The zero-order valence-corrected chi connectivity index (χ0v) is 11.5. The molecule has 1 rings (SSSR count). The normalized spacial score (nSPS) is 22.5. The van der Waals surface area contributed by atoms with Crippen molar-refractivity contribution in [2.45, 2.75) is 77.3 Å². The van der Waals surface area contributed by atoms with E-state index in [0.717, 1.165) is 6.54 Å². The molecule has 0 aromatic rings. The van der Waals surface area contributed by atoms with Crippen molar-refractivity contribution in [3.63, 3.8) is 0 Å². The fourth-order valence-electron chi connectivity index (χ4n) is 3.01. The number of nitrogens with zero attached hydrogens (tertiary/aromatic N) is 1. The van der Waals surface area contributed by atoms with Crippen molar-refractivity contribution < 1.29 is 0 Å². The Hall–Kier alpha value is -0.0800. The lowest BCUT2D eigenvalue weighted by atomic mass is 9.98. The van der Waals surface area contributed by atoms with Crippen molar-refractivity contribution >= 4 is 0 Å². The number of hydrogen-bond acceptors (Lipinski definition) is 2. The first-order valence-corrected chi connectivity index (χ1v) is 7.08. The molecule has 0 saturated carbocycles. The predicted octanol–water partition coefficient (Wildman–Crippen LogP) is 3.16. The van der Waals surface area contributed by atoms with Gasteiger partial charge in [-0.3, -0.25) is 4.90 Å². The molecule has 1 heterocycles. The summed E-state index contributed by atoms with van der Waals surface area (Å²) in [6.07, 6.45) is 9.39. The van der Waals surface area contributed by atoms with Gasteiger partial charge in [0.2, 0.25) is 0 Å². The minimum Gasteiger partial charge on any atom is -0.329 e. The molecule has 2 nitrogen and oxygen atoms in total. The zero-order valence-electron chi connectivity index (χ0n) is 11.5. The van der Waals surface area contributed by atoms with Crippen molar-refractivity contribution in [2.75, 3.05) is 13.1 Å². The monoisotopic (exact) mass is 226 g/mol. The van der Waals surface area contributed by atoms with Gasteiger partial charge in [-0.1, -0.05) is 32.6 Å². The first-order chi connectivity index (χ1) is 7.61. The second-order valence-corrected chi connectivity index (χ2v) is 5.85. The smallest absolute Gasteiger partial charge is 0.0223 e. The van der Waals surface area contributed by atoms with E-state index in [1.807, 2.05) is 0 Å². The molecule has 1 aliphatic rings. The van der Waals surface area contributed by atoms with Gasteiger partial charge >= 0.3 is 0 Å². The Balaban J connectivity index is 2.35. The van der Waals surface area contributed by atoms with E-state index in [2.05, 4.69) is 25.7 Å². The summed E-state index contributed by atoms with van der Waals surface area (Å²) in [5.74, 6) is 0. The summed E-state index contributed by atoms with van der Waals surface area (Å²) in [5.41, 5.74) is 6.33. The van der Waals surface area contributed by atoms with Crippen LogP contribution >= 0.6 is 0 Å². The Kier molecular flexibility index (Phi) is 5.77. The first-order valence-electron chi connectivity index (χ1n) is 7.08. The maximum Gasteiger partial charge on any atom is 0.0223 e. The molecule has 1 aliphatic heterocycles. The van der Waals surface area contributed by atoms with Gasteiger partial charge in [-0.05, 0) is 39.7 Å². The maximum absolute atomic E-state index is 5.95. The van der Waals surface area contributed by atoms with E-state index in [0.29, 0.717) is 11.6 Å². The molecule has 1 unspecified atom stereocenters. The Bertz CT molecular complexity index is 189. The number of nitrogens with two attached hydrogens (primary N) is 1. The molecule has 0 bridgehead atoms. The fraction of sp³-hybridized carbons (Fsp3) is 1.00. The third-order valence-electron chi connectivity index (χ3n) is 4.07. The van der Waals surface area contributed by atoms with Crippen molar-refractivity contribution in [1.29, 1.82) is 0 Å². The average Bonchev–Trinajstić information content (AvgIpc) is 2.59. The number of unbranched alkanes of at least 4 members (excludes halogenated alkanes) is 3. The molecule has 0 aromatic heterocycles. The van der Waals surface area contributed by atoms with Crippen LogP contribution in [0.3, 0.4) is 0 Å². The molecule has 1 atom stereocenters. The van der Waals surface area contributed by atoms with Crippen LogP contribution in [0, 0.1) is 0 Å². The quantitative estimate of drug-likeness (QED) is 0.676. The lowest BCUT2D eigenvalue weighted by Crippen LogP contribution is -2.48. The third kappa shape index (κ3) is 3.74. The average molecular weight is 226 g/mol. The SMILES string of the molecule is CCCCCCC(CN)N1CCCC1(C)C. The third-order valence-corrected chi connectivity index (χ3v) is 4.07. The lowest BCUT2D eigenvalue weighted by molar-refractivity contribution is 0.111. The van der Waals surface area contributed by atoms with Gasteiger partial charge in [-0.25, -0.2) is 0 Å². The number of hydrogen-bond donors (Lipinski definition) is 1. The van der Waals surface area contributed by atoms with E-state index < -0.39 is 0 Å². The van der Waals surface area contributed by atoms with E-state index in [-0.39, 0.29) is 0 Å². The van der Waals surface area contributed by atoms with Crippen LogP contribution in [-0.2, 0) is 0 Å². The minimum atomic E-state index is 0.384. The van der Waals surface area contributed by atoms with E-state index >= 15 is 0 Å². The molecular weight excluding hydrogens is 196 g/mol. The van der Waals surface area contributed by atoms with Crippen LogP contribution in [0.4, 0.5) is 0 Å². The Morgan fingerprint density at radius 1 is 1.25 bits per heavy atom. The molecular formula is C14H30N2. The standard InChI is InChI=1S/C14H30N2/c1-4-5-6-7-9-13(12-15)16-11-8-10-14(16,2)3/h13H,4-12,15H2,1-3H3. The largest absolute Gasteiger partial charge is 0.329 e. The first kappa shape index (κ1) is 14.0. The van der Waals surface area contributed by atoms with Crippen LogP contribution in [-0.4, -0.2) is 29.6 Å². The second kappa shape index (κ2) is 6.61. The van der Waals surface area contributed by atoms with E-state index in [1.54, 1.807) is 0 Å². The Morgan fingerprint density at radius 3 is 2.50 bits per heavy atom. The molecule has 0 amide bonds. The van der Waals surface area contributed by atoms with Gasteiger partial charge in [0.25, 0.3) is 0 Å². The Morgan fingerprint density at radius 2 is 2.00 bits per heavy atom. The highest BCUT2D eigenvalue weighted by Gasteiger charge is 2.35. The molecule has 0 aliphatic carbocycles. The summed E-state index contributed by atoms with van der Waals surface area (Å²) >= 11 is 0. The van der Waals surface area contributed by atoms with Gasteiger partial charge in [0.05, 0.1) is 0 Å². The van der Waals surface area contributed by atoms with Gasteiger partial charge in [0.15, 0.2) is 0 Å². The van der Waals surface area contributed by atoms with Gasteiger partial charge in [-0.2, -0.15) is 0 Å². The van der Waals surface area contributed by atoms with Gasteiger partial charge < -0.3 is 5.73 Å². The van der Waals surface area contributed by atoms with Gasteiger partial charge in [-0.15, -0.1) is 0 Å². The summed E-state index contributed by atoms with van der Waals surface area (Å²) in [5, 5.41) is 0. The fourth-order valence-corrected chi connectivity index (χ4v) is 3.01. The topological polar surface area (TPSA) is 29.3 Å². The highest BCUT2D eigenvalue weighted by atomic mass is 15.2. The predicted molar refractivity (Wildman–Crippen MR) is 71.6 cm³/mol. The van der Waals surface area contributed by atoms with E-state index in [9.17, 15) is 0 Å². The molecule has 1 saturated heterocycles. The molecule has 16 heavy (non-hydrogen) atoms. The molecule has 1 fully saturated rings. The highest BCUT2D eigenvalue weighted by Crippen LogP contribution is 2.31. The summed E-state index contributed by atoms with van der Waals surface area (Å²) in [4.78, 5) is 2.65. The van der Waals surface area contributed by atoms with Crippen molar-refractivity contribution in [3.05, 3.63) is 0 Å². The highest BCUT2D eigenvalue weighted by molar-refractivity contribution is 4.92. The Labute approximate surface area is 102 Å². The van der Waals surface area contributed by atoms with Gasteiger partial charge in [0, 0.05) is 18.1 Å². The summed E-state index contributed by atoms with van der Waals surface area (Å²) < 4.78 is 0. The molecule has 0 aromatic carbocycles. The van der Waals surface area contributed by atoms with Crippen LogP contribution in [0.5, 0.6) is 0 Å². The summed E-state index contributed by atoms with van der Waals surface area (Å²) in [7, 11) is 0. The molecule has 2 heteroatoms. The van der Waals surface area contributed by atoms with E-state index in [4.69, 9.17) is 5.73 Å². The molecule has 0 spiro atoms. The molecule has 2 N–H and O–H groups in total. The number of likely N-dealkylation sites (tertiary alicyclic amines) is 1. The van der Waals surface area contributed by atoms with Crippen LogP contribution in [0.1, 0.15) is 65.7 Å². The van der Waals surface area contributed by atoms with Crippen LogP contribution in [0.15, 0.2) is 0 Å². The number of rotatable bonds is 7. The zero-order chi connectivity index (χ0) is 12.0. The lowest BCUT2D eigenvalue weighted by Gasteiger charge is -2.38. The summed E-state index contributed by atoms with van der Waals surface area (Å²) in [6.45, 7) is 9.09. The van der Waals surface area contributed by atoms with Crippen molar-refractivity contribution in [3.8, 4) is 0 Å².